The molecule has 0 aliphatic heterocycles. The molecule has 0 saturated heterocycles. The van der Waals surface area contributed by atoms with E-state index in [0.717, 1.165) is 27.2 Å². The van der Waals surface area contributed by atoms with Gasteiger partial charge >= 0.3 is 0 Å². The van der Waals surface area contributed by atoms with Crippen LogP contribution in [0.15, 0.2) is 33.5 Å². The third kappa shape index (κ3) is 2.50. The Kier molecular flexibility index (Phi) is 3.81. The Morgan fingerprint density at radius 2 is 2.29 bits per heavy atom. The van der Waals surface area contributed by atoms with Crippen LogP contribution in [-0.4, -0.2) is 18.6 Å². The first-order valence-electron chi connectivity index (χ1n) is 5.22. The Hall–Kier alpha value is -1.33. The smallest absolute Gasteiger partial charge is 0.181 e. The second kappa shape index (κ2) is 5.33. The lowest BCUT2D eigenvalue weighted by molar-refractivity contribution is 0.416. The van der Waals surface area contributed by atoms with E-state index in [1.807, 2.05) is 18.2 Å². The van der Waals surface area contributed by atoms with Crippen molar-refractivity contribution >= 4 is 15.9 Å². The molecule has 0 radical (unpaired) electrons. The highest BCUT2D eigenvalue weighted by Crippen LogP contribution is 2.33. The molecule has 90 valence electrons. The van der Waals surface area contributed by atoms with Crippen molar-refractivity contribution in [2.45, 2.75) is 6.42 Å². The maximum absolute atomic E-state index is 5.54. The largest absolute Gasteiger partial charge is 0.496 e. The Labute approximate surface area is 108 Å². The Bertz CT molecular complexity index is 511. The van der Waals surface area contributed by atoms with Crippen molar-refractivity contribution in [3.63, 3.8) is 0 Å². The van der Waals surface area contributed by atoms with Crippen molar-refractivity contribution in [2.24, 2.45) is 5.73 Å². The Balaban J connectivity index is 2.51. The molecular formula is C12H13BrN2O2. The minimum absolute atomic E-state index is 0.526. The number of nitrogens with two attached hydrogens (primary N) is 1. The van der Waals surface area contributed by atoms with Crippen LogP contribution in [0.25, 0.3) is 11.3 Å². The molecule has 0 fully saturated rings. The molecule has 17 heavy (non-hydrogen) atoms. The first-order chi connectivity index (χ1) is 8.26. The normalized spacial score (nSPS) is 10.5. The van der Waals surface area contributed by atoms with E-state index < -0.39 is 0 Å². The number of hydrogen-bond donors (Lipinski definition) is 1. The Morgan fingerprint density at radius 3 is 3.00 bits per heavy atom. The van der Waals surface area contributed by atoms with E-state index in [2.05, 4.69) is 20.9 Å². The predicted octanol–water partition coefficient (Wildman–Crippen LogP) is 2.61. The van der Waals surface area contributed by atoms with Gasteiger partial charge in [-0.3, -0.25) is 0 Å². The molecule has 5 heteroatoms. The summed E-state index contributed by atoms with van der Waals surface area (Å²) in [6.45, 7) is 0.526. The molecule has 0 saturated carbocycles. The third-order valence-corrected chi connectivity index (χ3v) is 2.92. The molecule has 0 unspecified atom stereocenters. The molecule has 0 atom stereocenters. The highest BCUT2D eigenvalue weighted by Gasteiger charge is 2.14. The highest BCUT2D eigenvalue weighted by atomic mass is 79.9. The zero-order valence-electron chi connectivity index (χ0n) is 9.44. The molecule has 2 rings (SSSR count). The Morgan fingerprint density at radius 1 is 1.47 bits per heavy atom. The molecule has 0 aliphatic rings. The summed E-state index contributed by atoms with van der Waals surface area (Å²) in [5.74, 6) is 1.55. The number of halogens is 1. The average Bonchev–Trinajstić information content (AvgIpc) is 2.77. The van der Waals surface area contributed by atoms with Crippen molar-refractivity contribution in [3.05, 3.63) is 34.8 Å². The highest BCUT2D eigenvalue weighted by molar-refractivity contribution is 9.10. The predicted molar refractivity (Wildman–Crippen MR) is 68.9 cm³/mol. The fraction of sp³-hybridized carbons (Fsp3) is 0.250. The van der Waals surface area contributed by atoms with E-state index in [1.165, 1.54) is 6.39 Å². The minimum Gasteiger partial charge on any atom is -0.496 e. The van der Waals surface area contributed by atoms with Crippen LogP contribution in [0.3, 0.4) is 0 Å². The number of rotatable bonds is 4. The summed E-state index contributed by atoms with van der Waals surface area (Å²) in [7, 11) is 1.63. The maximum Gasteiger partial charge on any atom is 0.181 e. The average molecular weight is 297 g/mol. The van der Waals surface area contributed by atoms with Gasteiger partial charge in [0.25, 0.3) is 0 Å². The van der Waals surface area contributed by atoms with Gasteiger partial charge in [0.15, 0.2) is 6.39 Å². The molecule has 0 aliphatic carbocycles. The summed E-state index contributed by atoms with van der Waals surface area (Å²) in [6, 6.07) is 5.77. The number of methoxy groups -OCH3 is 1. The molecule has 0 bridgehead atoms. The van der Waals surface area contributed by atoms with E-state index in [0.29, 0.717) is 13.0 Å². The second-order valence-corrected chi connectivity index (χ2v) is 4.42. The van der Waals surface area contributed by atoms with Crippen molar-refractivity contribution in [2.75, 3.05) is 13.7 Å². The lowest BCUT2D eigenvalue weighted by Crippen LogP contribution is -2.03. The van der Waals surface area contributed by atoms with Crippen LogP contribution in [0.5, 0.6) is 5.75 Å². The number of nitrogens with zero attached hydrogens (tertiary/aromatic N) is 1. The first-order valence-corrected chi connectivity index (χ1v) is 6.02. The van der Waals surface area contributed by atoms with Crippen molar-refractivity contribution < 1.29 is 9.15 Å². The van der Waals surface area contributed by atoms with Crippen LogP contribution in [0.4, 0.5) is 0 Å². The lowest BCUT2D eigenvalue weighted by atomic mass is 10.1. The minimum atomic E-state index is 0.526. The molecule has 4 nitrogen and oxygen atoms in total. The van der Waals surface area contributed by atoms with Gasteiger partial charge in [-0.1, -0.05) is 15.9 Å². The molecule has 1 aromatic heterocycles. The topological polar surface area (TPSA) is 61.3 Å². The quantitative estimate of drug-likeness (QED) is 0.942. The van der Waals surface area contributed by atoms with Gasteiger partial charge in [0.1, 0.15) is 17.2 Å². The number of ether oxygens (including phenoxy) is 1. The van der Waals surface area contributed by atoms with E-state index in [4.69, 9.17) is 14.9 Å². The van der Waals surface area contributed by atoms with Crippen LogP contribution < -0.4 is 10.5 Å². The van der Waals surface area contributed by atoms with Gasteiger partial charge in [0, 0.05) is 16.5 Å². The monoisotopic (exact) mass is 296 g/mol. The molecule has 1 heterocycles. The van der Waals surface area contributed by atoms with Crippen LogP contribution in [0, 0.1) is 0 Å². The molecule has 1 aromatic carbocycles. The van der Waals surface area contributed by atoms with Gasteiger partial charge in [-0.25, -0.2) is 4.98 Å². The molecule has 0 amide bonds. The van der Waals surface area contributed by atoms with Crippen LogP contribution in [0.2, 0.25) is 0 Å². The van der Waals surface area contributed by atoms with Crippen molar-refractivity contribution in [1.29, 1.82) is 0 Å². The summed E-state index contributed by atoms with van der Waals surface area (Å²) >= 11 is 3.44. The van der Waals surface area contributed by atoms with E-state index in [1.54, 1.807) is 7.11 Å². The number of hydrogen-bond acceptors (Lipinski definition) is 4. The molecule has 2 aromatic rings. The molecular weight excluding hydrogens is 284 g/mol. The van der Waals surface area contributed by atoms with Crippen LogP contribution in [0.1, 0.15) is 5.76 Å². The summed E-state index contributed by atoms with van der Waals surface area (Å²) in [5, 5.41) is 0. The standard InChI is InChI=1S/C12H13BrN2O2/c1-16-10-3-2-8(13)6-9(10)12-11(4-5-14)17-7-15-12/h2-3,6-7H,4-5,14H2,1H3. The van der Waals surface area contributed by atoms with Crippen molar-refractivity contribution in [3.8, 4) is 17.0 Å². The van der Waals surface area contributed by atoms with Gasteiger partial charge < -0.3 is 14.9 Å². The summed E-state index contributed by atoms with van der Waals surface area (Å²) in [4.78, 5) is 4.23. The van der Waals surface area contributed by atoms with Gasteiger partial charge in [-0.05, 0) is 24.7 Å². The van der Waals surface area contributed by atoms with Gasteiger partial charge in [-0.2, -0.15) is 0 Å². The van der Waals surface area contributed by atoms with Gasteiger partial charge in [0.2, 0.25) is 0 Å². The van der Waals surface area contributed by atoms with E-state index >= 15 is 0 Å². The van der Waals surface area contributed by atoms with E-state index in [9.17, 15) is 0 Å². The first kappa shape index (κ1) is 12.1. The van der Waals surface area contributed by atoms with Crippen LogP contribution >= 0.6 is 15.9 Å². The number of oxazole rings is 1. The number of benzene rings is 1. The zero-order valence-corrected chi connectivity index (χ0v) is 11.0. The zero-order chi connectivity index (χ0) is 12.3. The third-order valence-electron chi connectivity index (χ3n) is 2.43. The lowest BCUT2D eigenvalue weighted by Gasteiger charge is -2.07. The fourth-order valence-electron chi connectivity index (χ4n) is 1.66. The van der Waals surface area contributed by atoms with Crippen LogP contribution in [-0.2, 0) is 6.42 Å². The summed E-state index contributed by atoms with van der Waals surface area (Å²) < 4.78 is 11.6. The number of aromatic nitrogens is 1. The van der Waals surface area contributed by atoms with Crippen molar-refractivity contribution in [1.82, 2.24) is 4.98 Å². The fourth-order valence-corrected chi connectivity index (χ4v) is 2.03. The SMILES string of the molecule is COc1ccc(Br)cc1-c1ncoc1CCN. The maximum atomic E-state index is 5.54. The van der Waals surface area contributed by atoms with E-state index in [-0.39, 0.29) is 0 Å². The van der Waals surface area contributed by atoms with Gasteiger partial charge in [0.05, 0.1) is 7.11 Å². The second-order valence-electron chi connectivity index (χ2n) is 3.51. The summed E-state index contributed by atoms with van der Waals surface area (Å²) in [6.07, 6.45) is 2.09. The summed E-state index contributed by atoms with van der Waals surface area (Å²) in [5.41, 5.74) is 7.23. The molecule has 2 N–H and O–H groups in total. The van der Waals surface area contributed by atoms with Gasteiger partial charge in [-0.15, -0.1) is 0 Å². The molecule has 0 spiro atoms.